The third-order valence-electron chi connectivity index (χ3n) is 5.39. The molecule has 6 nitrogen and oxygen atoms in total. The van der Waals surface area contributed by atoms with Crippen molar-refractivity contribution in [2.75, 3.05) is 6.54 Å². The normalized spacial score (nSPS) is 13.3. The van der Waals surface area contributed by atoms with Crippen molar-refractivity contribution in [3.63, 3.8) is 0 Å². The molecule has 174 valence electrons. The van der Waals surface area contributed by atoms with Gasteiger partial charge in [-0.15, -0.1) is 0 Å². The molecule has 1 amide bonds. The average molecular weight is 458 g/mol. The minimum Gasteiger partial charge on any atom is -0.472 e. The lowest BCUT2D eigenvalue weighted by atomic mass is 9.99. The first-order valence-corrected chi connectivity index (χ1v) is 10.6. The molecular formula is C24H25F3N4O2. The molecule has 0 aliphatic heterocycles. The van der Waals surface area contributed by atoms with Gasteiger partial charge in [0.15, 0.2) is 0 Å². The standard InChI is InChI=1S/C24H25F3N4O2/c1-4-21(16(3)33-22-11-10-18(15-28-22)24(25,26)27)31(5-2)23(32)20-9-7-6-8-19(20)17-12-13-29-30-14-17/h6-16,21H,4-5H2,1-3H3. The van der Waals surface area contributed by atoms with Crippen molar-refractivity contribution in [1.82, 2.24) is 20.1 Å². The largest absolute Gasteiger partial charge is 0.472 e. The van der Waals surface area contributed by atoms with Crippen molar-refractivity contribution in [3.8, 4) is 17.0 Å². The van der Waals surface area contributed by atoms with E-state index in [2.05, 4.69) is 15.2 Å². The molecule has 3 rings (SSSR count). The number of amides is 1. The highest BCUT2D eigenvalue weighted by Gasteiger charge is 2.32. The molecule has 0 fully saturated rings. The van der Waals surface area contributed by atoms with Gasteiger partial charge in [-0.3, -0.25) is 4.79 Å². The van der Waals surface area contributed by atoms with Crippen LogP contribution in [0.4, 0.5) is 13.2 Å². The molecule has 1 aromatic carbocycles. The van der Waals surface area contributed by atoms with E-state index in [1.54, 1.807) is 42.4 Å². The molecule has 0 bridgehead atoms. The third-order valence-corrected chi connectivity index (χ3v) is 5.39. The maximum atomic E-state index is 13.6. The van der Waals surface area contributed by atoms with Gasteiger partial charge in [-0.25, -0.2) is 4.98 Å². The summed E-state index contributed by atoms with van der Waals surface area (Å²) in [6, 6.07) is 10.8. The predicted octanol–water partition coefficient (Wildman–Crippen LogP) is 5.27. The van der Waals surface area contributed by atoms with Crippen LogP contribution >= 0.6 is 0 Å². The van der Waals surface area contributed by atoms with Gasteiger partial charge in [-0.05, 0) is 44.0 Å². The van der Waals surface area contributed by atoms with E-state index in [9.17, 15) is 18.0 Å². The molecule has 0 aliphatic rings. The number of hydrogen-bond acceptors (Lipinski definition) is 5. The molecule has 9 heteroatoms. The number of pyridine rings is 1. The number of carbonyl (C=O) groups is 1. The predicted molar refractivity (Wildman–Crippen MR) is 118 cm³/mol. The fourth-order valence-corrected chi connectivity index (χ4v) is 3.75. The Morgan fingerprint density at radius 1 is 1.06 bits per heavy atom. The van der Waals surface area contributed by atoms with Crippen LogP contribution in [0, 0.1) is 0 Å². The van der Waals surface area contributed by atoms with Crippen LogP contribution in [0.3, 0.4) is 0 Å². The molecular weight excluding hydrogens is 433 g/mol. The fourth-order valence-electron chi connectivity index (χ4n) is 3.75. The molecule has 0 N–H and O–H groups in total. The topological polar surface area (TPSA) is 68.2 Å². The minimum atomic E-state index is -4.47. The molecule has 0 saturated heterocycles. The smallest absolute Gasteiger partial charge is 0.417 e. The van der Waals surface area contributed by atoms with Gasteiger partial charge < -0.3 is 9.64 Å². The Hall–Kier alpha value is -3.49. The SMILES string of the molecule is CCC(C(C)Oc1ccc(C(F)(F)F)cn1)N(CC)C(=O)c1ccccc1-c1ccnnc1. The number of carbonyl (C=O) groups excluding carboxylic acids is 1. The lowest BCUT2D eigenvalue weighted by Crippen LogP contribution is -2.47. The van der Waals surface area contributed by atoms with Crippen molar-refractivity contribution in [3.05, 3.63) is 72.2 Å². The van der Waals surface area contributed by atoms with Crippen LogP contribution < -0.4 is 4.74 Å². The van der Waals surface area contributed by atoms with E-state index in [-0.39, 0.29) is 17.8 Å². The summed E-state index contributed by atoms with van der Waals surface area (Å²) >= 11 is 0. The summed E-state index contributed by atoms with van der Waals surface area (Å²) in [6.45, 7) is 6.01. The lowest BCUT2D eigenvalue weighted by molar-refractivity contribution is -0.137. The number of halogens is 3. The number of ether oxygens (including phenoxy) is 1. The van der Waals surface area contributed by atoms with Crippen molar-refractivity contribution < 1.29 is 22.7 Å². The first-order valence-electron chi connectivity index (χ1n) is 10.6. The van der Waals surface area contributed by atoms with Gasteiger partial charge >= 0.3 is 6.18 Å². The molecule has 2 aromatic heterocycles. The van der Waals surface area contributed by atoms with Crippen LogP contribution in [0.1, 0.15) is 43.1 Å². The van der Waals surface area contributed by atoms with Crippen LogP contribution in [-0.2, 0) is 6.18 Å². The fraction of sp³-hybridized carbons (Fsp3) is 0.333. The van der Waals surface area contributed by atoms with Gasteiger partial charge in [0.1, 0.15) is 6.10 Å². The van der Waals surface area contributed by atoms with E-state index >= 15 is 0 Å². The second kappa shape index (κ2) is 10.4. The number of rotatable bonds is 8. The van der Waals surface area contributed by atoms with Gasteiger partial charge in [-0.2, -0.15) is 23.4 Å². The summed E-state index contributed by atoms with van der Waals surface area (Å²) in [5.41, 5.74) is 1.19. The Morgan fingerprint density at radius 2 is 1.82 bits per heavy atom. The summed E-state index contributed by atoms with van der Waals surface area (Å²) in [5.74, 6) is -0.103. The van der Waals surface area contributed by atoms with E-state index in [1.165, 1.54) is 6.07 Å². The first-order chi connectivity index (χ1) is 15.8. The second-order valence-corrected chi connectivity index (χ2v) is 7.45. The van der Waals surface area contributed by atoms with E-state index in [1.807, 2.05) is 26.0 Å². The number of likely N-dealkylation sites (N-methyl/N-ethyl adjacent to an activating group) is 1. The number of benzene rings is 1. The van der Waals surface area contributed by atoms with E-state index in [0.29, 0.717) is 18.5 Å². The van der Waals surface area contributed by atoms with Gasteiger partial charge in [0, 0.05) is 29.9 Å². The molecule has 0 saturated carbocycles. The Kier molecular flexibility index (Phi) is 7.63. The van der Waals surface area contributed by atoms with E-state index in [0.717, 1.165) is 23.4 Å². The summed E-state index contributed by atoms with van der Waals surface area (Å²) in [6.07, 6.45) is -0.479. The average Bonchev–Trinajstić information content (AvgIpc) is 2.82. The van der Waals surface area contributed by atoms with Gasteiger partial charge in [0.25, 0.3) is 5.91 Å². The van der Waals surface area contributed by atoms with Crippen LogP contribution in [0.2, 0.25) is 0 Å². The second-order valence-electron chi connectivity index (χ2n) is 7.45. The van der Waals surface area contributed by atoms with Crippen molar-refractivity contribution in [2.24, 2.45) is 0 Å². The first kappa shape index (κ1) is 24.2. The summed E-state index contributed by atoms with van der Waals surface area (Å²) in [5, 5.41) is 7.69. The molecule has 0 aliphatic carbocycles. The Bertz CT molecular complexity index is 1060. The van der Waals surface area contributed by atoms with Crippen LogP contribution in [0.5, 0.6) is 5.88 Å². The molecule has 2 atom stereocenters. The summed E-state index contributed by atoms with van der Waals surface area (Å²) in [7, 11) is 0. The Labute approximate surface area is 190 Å². The van der Waals surface area contributed by atoms with E-state index < -0.39 is 17.8 Å². The molecule has 2 unspecified atom stereocenters. The molecule has 2 heterocycles. The van der Waals surface area contributed by atoms with Crippen LogP contribution in [-0.4, -0.2) is 44.7 Å². The number of nitrogens with zero attached hydrogens (tertiary/aromatic N) is 4. The Balaban J connectivity index is 1.83. The number of alkyl halides is 3. The summed E-state index contributed by atoms with van der Waals surface area (Å²) < 4.78 is 44.2. The van der Waals surface area contributed by atoms with Crippen LogP contribution in [0.25, 0.3) is 11.1 Å². The minimum absolute atomic E-state index is 0.0701. The number of hydrogen-bond donors (Lipinski definition) is 0. The van der Waals surface area contributed by atoms with Crippen molar-refractivity contribution >= 4 is 5.91 Å². The van der Waals surface area contributed by atoms with Gasteiger partial charge in [-0.1, -0.05) is 25.1 Å². The molecule has 33 heavy (non-hydrogen) atoms. The molecule has 0 radical (unpaired) electrons. The molecule has 0 spiro atoms. The quantitative estimate of drug-likeness (QED) is 0.460. The monoisotopic (exact) mass is 458 g/mol. The highest BCUT2D eigenvalue weighted by molar-refractivity contribution is 6.01. The maximum absolute atomic E-state index is 13.6. The van der Waals surface area contributed by atoms with Gasteiger partial charge in [0.05, 0.1) is 24.0 Å². The zero-order valence-electron chi connectivity index (χ0n) is 18.6. The molecule has 3 aromatic rings. The maximum Gasteiger partial charge on any atom is 0.417 e. The zero-order chi connectivity index (χ0) is 24.0. The van der Waals surface area contributed by atoms with Crippen molar-refractivity contribution in [1.29, 1.82) is 0 Å². The Morgan fingerprint density at radius 3 is 2.39 bits per heavy atom. The van der Waals surface area contributed by atoms with Gasteiger partial charge in [0.2, 0.25) is 5.88 Å². The highest BCUT2D eigenvalue weighted by Crippen LogP contribution is 2.30. The van der Waals surface area contributed by atoms with Crippen LogP contribution in [0.15, 0.2) is 61.1 Å². The lowest BCUT2D eigenvalue weighted by Gasteiger charge is -2.34. The zero-order valence-corrected chi connectivity index (χ0v) is 18.6. The highest BCUT2D eigenvalue weighted by atomic mass is 19.4. The third kappa shape index (κ3) is 5.66. The van der Waals surface area contributed by atoms with Crippen molar-refractivity contribution in [2.45, 2.75) is 45.5 Å². The van der Waals surface area contributed by atoms with E-state index in [4.69, 9.17) is 4.74 Å². The summed E-state index contributed by atoms with van der Waals surface area (Å²) in [4.78, 5) is 19.1. The number of aromatic nitrogens is 3.